The standard InChI is InChI=1S/C12H17NO2/c14-12(8-10-3-7-15-9-10)4-6-13-5-1-2-11(12)13/h3,7,9,11,14H,1-2,4-6,8H2. The number of furan rings is 1. The molecule has 0 amide bonds. The topological polar surface area (TPSA) is 36.6 Å². The van der Waals surface area contributed by atoms with Crippen LogP contribution in [0.5, 0.6) is 0 Å². The molecule has 0 spiro atoms. The average Bonchev–Trinajstić information content (AvgIpc) is 2.87. The number of hydrogen-bond acceptors (Lipinski definition) is 3. The van der Waals surface area contributed by atoms with Gasteiger partial charge >= 0.3 is 0 Å². The second-order valence-electron chi connectivity index (χ2n) is 4.86. The first-order valence-corrected chi connectivity index (χ1v) is 5.75. The van der Waals surface area contributed by atoms with E-state index in [-0.39, 0.29) is 0 Å². The third-order valence-electron chi connectivity index (χ3n) is 3.91. The molecule has 0 aliphatic carbocycles. The average molecular weight is 207 g/mol. The summed E-state index contributed by atoms with van der Waals surface area (Å²) in [5.41, 5.74) is 0.603. The van der Waals surface area contributed by atoms with Crippen LogP contribution < -0.4 is 0 Å². The first-order valence-electron chi connectivity index (χ1n) is 5.75. The second-order valence-corrected chi connectivity index (χ2v) is 4.86. The summed E-state index contributed by atoms with van der Waals surface area (Å²) in [6.07, 6.45) is 7.45. The Kier molecular flexibility index (Phi) is 2.11. The van der Waals surface area contributed by atoms with Gasteiger partial charge in [0.15, 0.2) is 0 Å². The SMILES string of the molecule is OC1(Cc2ccoc2)CCN2CCCC21. The van der Waals surface area contributed by atoms with Gasteiger partial charge in [-0.05, 0) is 37.4 Å². The van der Waals surface area contributed by atoms with E-state index in [0.29, 0.717) is 6.04 Å². The number of aliphatic hydroxyl groups is 1. The molecule has 2 aliphatic rings. The van der Waals surface area contributed by atoms with Gasteiger partial charge in [-0.3, -0.25) is 4.90 Å². The fourth-order valence-corrected chi connectivity index (χ4v) is 3.16. The molecule has 0 aromatic carbocycles. The van der Waals surface area contributed by atoms with Crippen molar-refractivity contribution in [3.63, 3.8) is 0 Å². The Morgan fingerprint density at radius 1 is 1.53 bits per heavy atom. The van der Waals surface area contributed by atoms with Crippen LogP contribution in [0.4, 0.5) is 0 Å². The summed E-state index contributed by atoms with van der Waals surface area (Å²) >= 11 is 0. The first kappa shape index (κ1) is 9.43. The summed E-state index contributed by atoms with van der Waals surface area (Å²) in [6.45, 7) is 2.22. The van der Waals surface area contributed by atoms with Crippen molar-refractivity contribution in [2.24, 2.45) is 0 Å². The fourth-order valence-electron chi connectivity index (χ4n) is 3.16. The zero-order chi connectivity index (χ0) is 10.3. The van der Waals surface area contributed by atoms with Gasteiger partial charge in [0.25, 0.3) is 0 Å². The van der Waals surface area contributed by atoms with Gasteiger partial charge in [0, 0.05) is 19.0 Å². The molecule has 2 unspecified atom stereocenters. The Morgan fingerprint density at radius 3 is 3.27 bits per heavy atom. The normalized spacial score (nSPS) is 35.9. The third kappa shape index (κ3) is 1.50. The van der Waals surface area contributed by atoms with Crippen molar-refractivity contribution in [2.45, 2.75) is 37.3 Å². The fraction of sp³-hybridized carbons (Fsp3) is 0.667. The lowest BCUT2D eigenvalue weighted by atomic mass is 9.87. The van der Waals surface area contributed by atoms with Gasteiger partial charge in [0.1, 0.15) is 0 Å². The van der Waals surface area contributed by atoms with Crippen LogP contribution >= 0.6 is 0 Å². The molecule has 3 heteroatoms. The highest BCUT2D eigenvalue weighted by Crippen LogP contribution is 2.38. The summed E-state index contributed by atoms with van der Waals surface area (Å²) in [4.78, 5) is 2.43. The summed E-state index contributed by atoms with van der Waals surface area (Å²) < 4.78 is 5.06. The van der Waals surface area contributed by atoms with Crippen molar-refractivity contribution in [3.8, 4) is 0 Å². The van der Waals surface area contributed by atoms with Crippen molar-refractivity contribution in [3.05, 3.63) is 24.2 Å². The van der Waals surface area contributed by atoms with E-state index in [1.165, 1.54) is 13.0 Å². The smallest absolute Gasteiger partial charge is 0.0935 e. The van der Waals surface area contributed by atoms with Gasteiger partial charge in [0.05, 0.1) is 18.1 Å². The second kappa shape index (κ2) is 3.35. The quantitative estimate of drug-likeness (QED) is 0.797. The Balaban J connectivity index is 1.79. The minimum Gasteiger partial charge on any atom is -0.472 e. The van der Waals surface area contributed by atoms with Crippen LogP contribution in [-0.4, -0.2) is 34.7 Å². The van der Waals surface area contributed by atoms with Crippen LogP contribution in [-0.2, 0) is 6.42 Å². The van der Waals surface area contributed by atoms with E-state index in [2.05, 4.69) is 4.90 Å². The van der Waals surface area contributed by atoms with E-state index in [4.69, 9.17) is 4.42 Å². The zero-order valence-corrected chi connectivity index (χ0v) is 8.85. The number of nitrogens with zero attached hydrogens (tertiary/aromatic N) is 1. The largest absolute Gasteiger partial charge is 0.472 e. The van der Waals surface area contributed by atoms with Gasteiger partial charge < -0.3 is 9.52 Å². The maximum atomic E-state index is 10.6. The molecule has 1 N–H and O–H groups in total. The highest BCUT2D eigenvalue weighted by Gasteiger charge is 2.47. The highest BCUT2D eigenvalue weighted by atomic mass is 16.3. The summed E-state index contributed by atoms with van der Waals surface area (Å²) in [7, 11) is 0. The van der Waals surface area contributed by atoms with Crippen molar-refractivity contribution >= 4 is 0 Å². The maximum Gasteiger partial charge on any atom is 0.0935 e. The molecule has 15 heavy (non-hydrogen) atoms. The molecule has 2 saturated heterocycles. The van der Waals surface area contributed by atoms with Crippen LogP contribution in [0.1, 0.15) is 24.8 Å². The molecule has 2 fully saturated rings. The maximum absolute atomic E-state index is 10.6. The Bertz CT molecular complexity index is 335. The van der Waals surface area contributed by atoms with Gasteiger partial charge in [-0.1, -0.05) is 0 Å². The van der Waals surface area contributed by atoms with Crippen molar-refractivity contribution in [2.75, 3.05) is 13.1 Å². The van der Waals surface area contributed by atoms with E-state index < -0.39 is 5.60 Å². The zero-order valence-electron chi connectivity index (χ0n) is 8.85. The number of hydrogen-bond donors (Lipinski definition) is 1. The monoisotopic (exact) mass is 207 g/mol. The third-order valence-corrected chi connectivity index (χ3v) is 3.91. The van der Waals surface area contributed by atoms with Crippen molar-refractivity contribution in [1.82, 2.24) is 4.90 Å². The van der Waals surface area contributed by atoms with E-state index >= 15 is 0 Å². The van der Waals surface area contributed by atoms with Crippen LogP contribution in [0.15, 0.2) is 23.0 Å². The Labute approximate surface area is 89.7 Å². The molecule has 2 aliphatic heterocycles. The summed E-state index contributed by atoms with van der Waals surface area (Å²) in [5, 5.41) is 10.6. The molecule has 1 aromatic rings. The number of fused-ring (bicyclic) bond motifs is 1. The molecule has 0 bridgehead atoms. The Hall–Kier alpha value is -0.800. The van der Waals surface area contributed by atoms with Gasteiger partial charge in [-0.2, -0.15) is 0 Å². The molecule has 0 radical (unpaired) electrons. The highest BCUT2D eigenvalue weighted by molar-refractivity contribution is 5.14. The van der Waals surface area contributed by atoms with Crippen LogP contribution in [0.25, 0.3) is 0 Å². The lowest BCUT2D eigenvalue weighted by molar-refractivity contribution is 0.0140. The minimum atomic E-state index is -0.514. The molecule has 3 rings (SSSR count). The predicted molar refractivity (Wildman–Crippen MR) is 56.6 cm³/mol. The molecular formula is C12H17NO2. The lowest BCUT2D eigenvalue weighted by Gasteiger charge is -2.29. The van der Waals surface area contributed by atoms with Crippen molar-refractivity contribution in [1.29, 1.82) is 0 Å². The minimum absolute atomic E-state index is 0.382. The Morgan fingerprint density at radius 2 is 2.47 bits per heavy atom. The molecule has 1 aromatic heterocycles. The number of rotatable bonds is 2. The van der Waals surface area contributed by atoms with Gasteiger partial charge in [0.2, 0.25) is 0 Å². The first-order chi connectivity index (χ1) is 7.28. The van der Waals surface area contributed by atoms with Gasteiger partial charge in [-0.25, -0.2) is 0 Å². The molecule has 3 nitrogen and oxygen atoms in total. The van der Waals surface area contributed by atoms with E-state index in [1.54, 1.807) is 12.5 Å². The van der Waals surface area contributed by atoms with Crippen LogP contribution in [0.3, 0.4) is 0 Å². The van der Waals surface area contributed by atoms with Crippen molar-refractivity contribution < 1.29 is 9.52 Å². The predicted octanol–water partition coefficient (Wildman–Crippen LogP) is 1.42. The van der Waals surface area contributed by atoms with E-state index in [1.807, 2.05) is 6.07 Å². The van der Waals surface area contributed by atoms with E-state index in [0.717, 1.165) is 31.4 Å². The molecule has 2 atom stereocenters. The van der Waals surface area contributed by atoms with Crippen LogP contribution in [0, 0.1) is 0 Å². The van der Waals surface area contributed by atoms with Gasteiger partial charge in [-0.15, -0.1) is 0 Å². The van der Waals surface area contributed by atoms with E-state index in [9.17, 15) is 5.11 Å². The molecule has 82 valence electrons. The summed E-state index contributed by atoms with van der Waals surface area (Å²) in [6, 6.07) is 2.34. The lowest BCUT2D eigenvalue weighted by Crippen LogP contribution is -2.42. The molecular weight excluding hydrogens is 190 g/mol. The molecule has 3 heterocycles. The summed E-state index contributed by atoms with van der Waals surface area (Å²) in [5.74, 6) is 0. The van der Waals surface area contributed by atoms with Crippen LogP contribution in [0.2, 0.25) is 0 Å². The molecule has 0 saturated carbocycles.